The Kier molecular flexibility index (Phi) is 11.3. The zero-order valence-electron chi connectivity index (χ0n) is 21.4. The number of aromatic nitrogens is 2. The van der Waals surface area contributed by atoms with Crippen molar-refractivity contribution in [3.05, 3.63) is 60.7 Å². The number of amides is 1. The first kappa shape index (κ1) is 33.7. The molecule has 0 radical (unpaired) electrons. The third-order valence-electron chi connectivity index (χ3n) is 4.77. The third-order valence-corrected chi connectivity index (χ3v) is 4.77. The number of hydrogen-bond acceptors (Lipinski definition) is 9. The number of hydrogen-bond donors (Lipinski definition) is 5. The number of nitrogens with one attached hydrogen (secondary N) is 1. The molecule has 43 heavy (non-hydrogen) atoms. The SMILES string of the molecule is Nc1ccc2c(OCNC(=O)COc3cccc4nc(N)ccc34)cccc2n1.O=C(O)C(F)(F)F.O=C(O)C(F)(F)F. The maximum absolute atomic E-state index is 12.1. The second kappa shape index (κ2) is 14.4. The summed E-state index contributed by atoms with van der Waals surface area (Å²) in [6.45, 7) is -0.153. The monoisotopic (exact) mass is 617 g/mol. The van der Waals surface area contributed by atoms with E-state index in [1.54, 1.807) is 30.3 Å². The second-order valence-electron chi connectivity index (χ2n) is 7.90. The highest BCUT2D eigenvalue weighted by Gasteiger charge is 2.38. The molecular formula is C25H21F6N5O7. The van der Waals surface area contributed by atoms with Crippen molar-refractivity contribution < 1.29 is 60.4 Å². The Morgan fingerprint density at radius 2 is 1.09 bits per heavy atom. The van der Waals surface area contributed by atoms with Crippen LogP contribution in [0.4, 0.5) is 38.0 Å². The van der Waals surface area contributed by atoms with Gasteiger partial charge < -0.3 is 36.5 Å². The molecule has 0 aliphatic carbocycles. The zero-order chi connectivity index (χ0) is 32.4. The fourth-order valence-electron chi connectivity index (χ4n) is 2.93. The molecule has 2 aromatic carbocycles. The normalized spacial score (nSPS) is 10.9. The van der Waals surface area contributed by atoms with E-state index in [0.717, 1.165) is 16.3 Å². The quantitative estimate of drug-likeness (QED) is 0.156. The summed E-state index contributed by atoms with van der Waals surface area (Å²) in [5.41, 5.74) is 12.8. The smallest absolute Gasteiger partial charge is 0.483 e. The van der Waals surface area contributed by atoms with E-state index in [0.29, 0.717) is 28.7 Å². The summed E-state index contributed by atoms with van der Waals surface area (Å²) in [7, 11) is 0. The van der Waals surface area contributed by atoms with Gasteiger partial charge in [-0.1, -0.05) is 12.1 Å². The van der Waals surface area contributed by atoms with Crippen LogP contribution in [0.25, 0.3) is 21.8 Å². The fraction of sp³-hybridized carbons (Fsp3) is 0.160. The van der Waals surface area contributed by atoms with Crippen LogP contribution in [0.5, 0.6) is 11.5 Å². The van der Waals surface area contributed by atoms with Crippen molar-refractivity contribution in [2.45, 2.75) is 12.4 Å². The lowest BCUT2D eigenvalue weighted by molar-refractivity contribution is -0.193. The summed E-state index contributed by atoms with van der Waals surface area (Å²) < 4.78 is 74.8. The highest BCUT2D eigenvalue weighted by molar-refractivity contribution is 5.87. The van der Waals surface area contributed by atoms with E-state index in [1.165, 1.54) is 0 Å². The number of benzene rings is 2. The number of alkyl halides is 6. The average Bonchev–Trinajstić information content (AvgIpc) is 2.91. The molecular weight excluding hydrogens is 596 g/mol. The van der Waals surface area contributed by atoms with Crippen LogP contribution in [0.3, 0.4) is 0 Å². The molecule has 2 heterocycles. The van der Waals surface area contributed by atoms with E-state index in [2.05, 4.69) is 15.3 Å². The van der Waals surface area contributed by atoms with Crippen LogP contribution in [-0.2, 0) is 14.4 Å². The van der Waals surface area contributed by atoms with E-state index in [-0.39, 0.29) is 19.2 Å². The minimum atomic E-state index is -5.08. The van der Waals surface area contributed by atoms with Gasteiger partial charge in [-0.15, -0.1) is 0 Å². The molecule has 0 aliphatic heterocycles. The molecule has 7 N–H and O–H groups in total. The third kappa shape index (κ3) is 10.7. The molecule has 0 bridgehead atoms. The van der Waals surface area contributed by atoms with Gasteiger partial charge in [-0.05, 0) is 48.5 Å². The number of carboxylic acid groups (broad SMARTS) is 2. The summed E-state index contributed by atoms with van der Waals surface area (Å²) in [6, 6.07) is 17.9. The van der Waals surface area contributed by atoms with Crippen molar-refractivity contribution in [3.63, 3.8) is 0 Å². The van der Waals surface area contributed by atoms with Gasteiger partial charge in [0.05, 0.1) is 11.0 Å². The van der Waals surface area contributed by atoms with Gasteiger partial charge in [0.1, 0.15) is 23.1 Å². The zero-order valence-corrected chi connectivity index (χ0v) is 21.4. The number of aliphatic carboxylic acids is 2. The van der Waals surface area contributed by atoms with E-state index in [4.69, 9.17) is 40.7 Å². The van der Waals surface area contributed by atoms with Crippen LogP contribution in [-0.4, -0.2) is 63.7 Å². The second-order valence-corrected chi connectivity index (χ2v) is 7.90. The standard InChI is InChI=1S/C21H19N5O3.2C2HF3O2/c22-19-9-7-13-15(25-19)3-1-5-17(13)28-11-21(27)24-12-29-18-6-2-4-16-14(18)8-10-20(23)26-16;2*3-2(4,5)1(6)7/h1-10H,11-12H2,(H2,22,25)(H2,23,26)(H,24,27);2*(H,6,7). The maximum atomic E-state index is 12.1. The number of nitrogen functional groups attached to an aromatic ring is 2. The lowest BCUT2D eigenvalue weighted by Gasteiger charge is -2.12. The largest absolute Gasteiger partial charge is 0.490 e. The molecule has 0 fully saturated rings. The van der Waals surface area contributed by atoms with E-state index < -0.39 is 24.3 Å². The van der Waals surface area contributed by atoms with Gasteiger partial charge in [-0.25, -0.2) is 19.6 Å². The number of rotatable bonds is 6. The molecule has 0 saturated carbocycles. The lowest BCUT2D eigenvalue weighted by Crippen LogP contribution is -2.32. The van der Waals surface area contributed by atoms with Crippen LogP contribution in [0, 0.1) is 0 Å². The molecule has 18 heteroatoms. The highest BCUT2D eigenvalue weighted by Crippen LogP contribution is 2.26. The number of fused-ring (bicyclic) bond motifs is 2. The maximum Gasteiger partial charge on any atom is 0.490 e. The van der Waals surface area contributed by atoms with Gasteiger partial charge in [-0.3, -0.25) is 4.79 Å². The summed E-state index contributed by atoms with van der Waals surface area (Å²) in [5.74, 6) is -3.80. The Bertz CT molecular complexity index is 1570. The number of nitrogens with two attached hydrogens (primary N) is 2. The number of pyridine rings is 2. The predicted octanol–water partition coefficient (Wildman–Crippen LogP) is 3.75. The summed E-state index contributed by atoms with van der Waals surface area (Å²) in [6.07, 6.45) is -10.2. The van der Waals surface area contributed by atoms with Crippen molar-refractivity contribution in [3.8, 4) is 11.5 Å². The average molecular weight is 617 g/mol. The molecule has 0 unspecified atom stereocenters. The molecule has 0 atom stereocenters. The number of carboxylic acids is 2. The van der Waals surface area contributed by atoms with Crippen molar-refractivity contribution in [2.24, 2.45) is 0 Å². The summed E-state index contributed by atoms with van der Waals surface area (Å²) in [4.78, 5) is 38.4. The van der Waals surface area contributed by atoms with Crippen LogP contribution in [0.1, 0.15) is 0 Å². The van der Waals surface area contributed by atoms with Gasteiger partial charge in [0.15, 0.2) is 13.3 Å². The fourth-order valence-corrected chi connectivity index (χ4v) is 2.93. The summed E-state index contributed by atoms with van der Waals surface area (Å²) in [5, 5.41) is 18.5. The molecule has 0 saturated heterocycles. The van der Waals surface area contributed by atoms with Crippen LogP contribution >= 0.6 is 0 Å². The molecule has 230 valence electrons. The van der Waals surface area contributed by atoms with E-state index >= 15 is 0 Å². The number of carbonyl (C=O) groups is 3. The van der Waals surface area contributed by atoms with Crippen molar-refractivity contribution >= 4 is 51.3 Å². The first-order valence-electron chi connectivity index (χ1n) is 11.4. The van der Waals surface area contributed by atoms with E-state index in [9.17, 15) is 31.1 Å². The Balaban J connectivity index is 0.000000384. The minimum Gasteiger partial charge on any atom is -0.483 e. The minimum absolute atomic E-state index is 0.000685. The van der Waals surface area contributed by atoms with Gasteiger partial charge in [-0.2, -0.15) is 26.3 Å². The molecule has 12 nitrogen and oxygen atoms in total. The van der Waals surface area contributed by atoms with Crippen LogP contribution in [0.2, 0.25) is 0 Å². The Morgan fingerprint density at radius 3 is 1.49 bits per heavy atom. The molecule has 0 aliphatic rings. The van der Waals surface area contributed by atoms with Crippen molar-refractivity contribution in [1.29, 1.82) is 0 Å². The first-order chi connectivity index (χ1) is 20.0. The van der Waals surface area contributed by atoms with Gasteiger partial charge in [0.2, 0.25) is 0 Å². The Labute approximate surface area is 236 Å². The highest BCUT2D eigenvalue weighted by atomic mass is 19.4. The van der Waals surface area contributed by atoms with E-state index in [1.807, 2.05) is 30.3 Å². The lowest BCUT2D eigenvalue weighted by atomic mass is 10.2. The molecule has 2 aromatic heterocycles. The van der Waals surface area contributed by atoms with Gasteiger partial charge >= 0.3 is 24.3 Å². The molecule has 1 amide bonds. The number of halogens is 6. The number of carbonyl (C=O) groups excluding carboxylic acids is 1. The number of anilines is 2. The van der Waals surface area contributed by atoms with Crippen molar-refractivity contribution in [1.82, 2.24) is 15.3 Å². The topological polar surface area (TPSA) is 200 Å². The molecule has 4 rings (SSSR count). The van der Waals surface area contributed by atoms with Crippen molar-refractivity contribution in [2.75, 3.05) is 24.8 Å². The Morgan fingerprint density at radius 1 is 0.698 bits per heavy atom. The van der Waals surface area contributed by atoms with Crippen LogP contribution in [0.15, 0.2) is 60.7 Å². The molecule has 0 spiro atoms. The predicted molar refractivity (Wildman–Crippen MR) is 139 cm³/mol. The van der Waals surface area contributed by atoms with Gasteiger partial charge in [0.25, 0.3) is 5.91 Å². The Hall–Kier alpha value is -5.55. The van der Waals surface area contributed by atoms with Crippen LogP contribution < -0.4 is 26.3 Å². The molecule has 4 aromatic rings. The first-order valence-corrected chi connectivity index (χ1v) is 11.4. The number of ether oxygens (including phenoxy) is 2. The number of nitrogens with zero attached hydrogens (tertiary/aromatic N) is 2. The summed E-state index contributed by atoms with van der Waals surface area (Å²) >= 11 is 0. The van der Waals surface area contributed by atoms with Gasteiger partial charge in [0, 0.05) is 10.8 Å².